The smallest absolute Gasteiger partial charge is 0.309 e. The normalized spacial score (nSPS) is 22.8. The van der Waals surface area contributed by atoms with Crippen molar-refractivity contribution >= 4 is 39.9 Å². The molecule has 2 aromatic heterocycles. The highest BCUT2D eigenvalue weighted by atomic mass is 32.1. The van der Waals surface area contributed by atoms with Crippen LogP contribution in [0.1, 0.15) is 84.3 Å². The van der Waals surface area contributed by atoms with E-state index in [0.717, 1.165) is 47.3 Å². The third kappa shape index (κ3) is 7.38. The van der Waals surface area contributed by atoms with Gasteiger partial charge in [0, 0.05) is 35.7 Å². The molecule has 2 fully saturated rings. The lowest BCUT2D eigenvalue weighted by Gasteiger charge is -2.22. The first kappa shape index (κ1) is 32.6. The number of benzene rings is 1. The Morgan fingerprint density at radius 2 is 1.98 bits per heavy atom. The monoisotopic (exact) mass is 633 g/mol. The van der Waals surface area contributed by atoms with Crippen molar-refractivity contribution in [2.75, 3.05) is 13.7 Å². The summed E-state index contributed by atoms with van der Waals surface area (Å²) in [5, 5.41) is 12.9. The lowest BCUT2D eigenvalue weighted by Crippen LogP contribution is -2.39. The number of hydrogen-bond acceptors (Lipinski definition) is 8. The highest BCUT2D eigenvalue weighted by Gasteiger charge is 2.54. The molecule has 1 saturated carbocycles. The minimum Gasteiger partial charge on any atom is -0.497 e. The van der Waals surface area contributed by atoms with E-state index in [2.05, 4.69) is 25.3 Å². The Kier molecular flexibility index (Phi) is 9.91. The first-order valence-electron chi connectivity index (χ1n) is 15.8. The molecule has 1 aliphatic carbocycles. The average Bonchev–Trinajstić information content (AvgIpc) is 3.33. The molecule has 3 heterocycles. The number of methoxy groups -OCH3 is 1. The number of carbonyl (C=O) groups excluding carboxylic acids is 2. The van der Waals surface area contributed by atoms with E-state index in [0.29, 0.717) is 48.9 Å². The van der Waals surface area contributed by atoms with Crippen molar-refractivity contribution in [1.82, 2.24) is 14.9 Å². The second-order valence-electron chi connectivity index (χ2n) is 12.8. The summed E-state index contributed by atoms with van der Waals surface area (Å²) in [5.41, 5.74) is 1.84. The summed E-state index contributed by atoms with van der Waals surface area (Å²) in [5.74, 6) is 0.957. The number of hydrogen-bond donors (Lipinski definition) is 1. The number of carboxylic acid groups (broad SMARTS) is 1. The molecule has 240 valence electrons. The number of allylic oxidation sites excluding steroid dienone is 2. The van der Waals surface area contributed by atoms with Crippen LogP contribution >= 0.6 is 11.3 Å². The number of carbonyl (C=O) groups is 3. The zero-order valence-electron chi connectivity index (χ0n) is 26.7. The molecule has 0 unspecified atom stereocenters. The third-order valence-corrected chi connectivity index (χ3v) is 9.96. The number of ketones is 1. The van der Waals surface area contributed by atoms with Crippen LogP contribution in [0.2, 0.25) is 0 Å². The van der Waals surface area contributed by atoms with Crippen LogP contribution in [0.25, 0.3) is 21.6 Å². The quantitative estimate of drug-likeness (QED) is 0.148. The first-order chi connectivity index (χ1) is 21.5. The van der Waals surface area contributed by atoms with Gasteiger partial charge in [-0.3, -0.25) is 14.4 Å². The minimum atomic E-state index is -0.732. The Bertz CT molecular complexity index is 1600. The maximum absolute atomic E-state index is 13.3. The molecule has 1 saturated heterocycles. The van der Waals surface area contributed by atoms with E-state index < -0.39 is 17.4 Å². The van der Waals surface area contributed by atoms with Crippen LogP contribution in [0.4, 0.5) is 0 Å². The molecule has 1 N–H and O–H groups in total. The van der Waals surface area contributed by atoms with E-state index in [1.807, 2.05) is 30.3 Å². The van der Waals surface area contributed by atoms with Gasteiger partial charge in [0.2, 0.25) is 5.91 Å². The molecule has 10 heteroatoms. The standard InChI is InChI=1S/C35H43N3O6S/c1-21(2)29-20-45-33(37-29)28-17-31(26-14-13-24(43-5)15-27(26)36-28)44-25-16-30(22(3)39)38(19-25)32(40)12-10-8-6-7-9-11-23-18-35(23,4)34(41)42/h9,11,13-15,17,20-21,23,25,30H,6-8,10,12,16,18-19H2,1-5H3,(H,41,42)/b11-9-/t23-,25-,30+,35+/m1/s1. The van der Waals surface area contributed by atoms with Gasteiger partial charge in [0.15, 0.2) is 5.78 Å². The largest absolute Gasteiger partial charge is 0.497 e. The number of fused-ring (bicyclic) bond motifs is 1. The van der Waals surface area contributed by atoms with Gasteiger partial charge < -0.3 is 19.5 Å². The van der Waals surface area contributed by atoms with E-state index in [1.165, 1.54) is 6.92 Å². The SMILES string of the molecule is COc1ccc2c(O[C@@H]3C[C@@H](C(C)=O)N(C(=O)CCCCC/C=C\[C@@H]4C[C@]4(C)C(=O)O)C3)cc(-c3nc(C(C)C)cs3)nc2c1. The number of amides is 1. The third-order valence-electron chi connectivity index (χ3n) is 9.08. The summed E-state index contributed by atoms with van der Waals surface area (Å²) in [6, 6.07) is 7.07. The fourth-order valence-corrected chi connectivity index (χ4v) is 6.89. The second-order valence-corrected chi connectivity index (χ2v) is 13.7. The van der Waals surface area contributed by atoms with E-state index in [9.17, 15) is 19.5 Å². The van der Waals surface area contributed by atoms with Gasteiger partial charge in [0.25, 0.3) is 0 Å². The number of likely N-dealkylation sites (tertiary alicyclic amines) is 1. The summed E-state index contributed by atoms with van der Waals surface area (Å²) in [6.45, 7) is 7.89. The molecular weight excluding hydrogens is 590 g/mol. The number of rotatable bonds is 14. The Morgan fingerprint density at radius 3 is 2.64 bits per heavy atom. The number of unbranched alkanes of at least 4 members (excludes halogenated alkanes) is 3. The molecule has 2 aliphatic rings. The molecular formula is C35H43N3O6S. The summed E-state index contributed by atoms with van der Waals surface area (Å²) >= 11 is 1.54. The van der Waals surface area contributed by atoms with Gasteiger partial charge >= 0.3 is 5.97 Å². The molecule has 1 amide bonds. The zero-order valence-corrected chi connectivity index (χ0v) is 27.6. The molecule has 9 nitrogen and oxygen atoms in total. The van der Waals surface area contributed by atoms with Crippen molar-refractivity contribution in [3.05, 3.63) is 47.5 Å². The Hall–Kier alpha value is -3.79. The topological polar surface area (TPSA) is 119 Å². The number of Topliss-reactive ketones (excluding diaryl/α,β-unsaturated/α-hetero) is 1. The predicted molar refractivity (Wildman–Crippen MR) is 175 cm³/mol. The van der Waals surface area contributed by atoms with E-state index in [1.54, 1.807) is 30.3 Å². The van der Waals surface area contributed by atoms with Gasteiger partial charge in [-0.25, -0.2) is 9.97 Å². The second kappa shape index (κ2) is 13.7. The van der Waals surface area contributed by atoms with Gasteiger partial charge in [-0.1, -0.05) is 32.4 Å². The summed E-state index contributed by atoms with van der Waals surface area (Å²) in [7, 11) is 1.62. The van der Waals surface area contributed by atoms with Gasteiger partial charge in [0.05, 0.1) is 36.3 Å². The highest BCUT2D eigenvalue weighted by Crippen LogP contribution is 2.53. The van der Waals surface area contributed by atoms with Crippen molar-refractivity contribution in [1.29, 1.82) is 0 Å². The van der Waals surface area contributed by atoms with Gasteiger partial charge in [0.1, 0.15) is 28.3 Å². The maximum Gasteiger partial charge on any atom is 0.309 e. The van der Waals surface area contributed by atoms with E-state index in [4.69, 9.17) is 19.4 Å². The predicted octanol–water partition coefficient (Wildman–Crippen LogP) is 7.05. The fourth-order valence-electron chi connectivity index (χ4n) is 5.95. The van der Waals surface area contributed by atoms with Crippen LogP contribution in [0.5, 0.6) is 11.5 Å². The van der Waals surface area contributed by atoms with Crippen molar-refractivity contribution in [2.45, 2.75) is 90.7 Å². The number of ether oxygens (including phenoxy) is 2. The molecule has 4 atom stereocenters. The molecule has 0 radical (unpaired) electrons. The van der Waals surface area contributed by atoms with Crippen molar-refractivity contribution in [3.8, 4) is 22.2 Å². The molecule has 5 rings (SSSR count). The van der Waals surface area contributed by atoms with Gasteiger partial charge in [-0.05, 0) is 63.5 Å². The average molecular weight is 634 g/mol. The summed E-state index contributed by atoms with van der Waals surface area (Å²) in [4.78, 5) is 48.5. The number of aromatic nitrogens is 2. The molecule has 1 aliphatic heterocycles. The van der Waals surface area contributed by atoms with Crippen molar-refractivity contribution in [3.63, 3.8) is 0 Å². The van der Waals surface area contributed by atoms with Crippen LogP contribution in [0, 0.1) is 11.3 Å². The zero-order chi connectivity index (χ0) is 32.3. The van der Waals surface area contributed by atoms with Crippen molar-refractivity contribution < 1.29 is 29.0 Å². The maximum atomic E-state index is 13.3. The molecule has 1 aromatic carbocycles. The van der Waals surface area contributed by atoms with Gasteiger partial charge in [-0.2, -0.15) is 0 Å². The summed E-state index contributed by atoms with van der Waals surface area (Å²) < 4.78 is 12.0. The van der Waals surface area contributed by atoms with Crippen LogP contribution in [0.3, 0.4) is 0 Å². The van der Waals surface area contributed by atoms with Gasteiger partial charge in [-0.15, -0.1) is 11.3 Å². The molecule has 0 bridgehead atoms. The number of pyridine rings is 1. The fraction of sp³-hybridized carbons (Fsp3) is 0.514. The first-order valence-corrected chi connectivity index (χ1v) is 16.7. The molecule has 45 heavy (non-hydrogen) atoms. The summed E-state index contributed by atoms with van der Waals surface area (Å²) in [6.07, 6.45) is 8.69. The Balaban J connectivity index is 1.22. The Morgan fingerprint density at radius 1 is 1.18 bits per heavy atom. The van der Waals surface area contributed by atoms with E-state index >= 15 is 0 Å². The lowest BCUT2D eigenvalue weighted by molar-refractivity contribution is -0.143. The van der Waals surface area contributed by atoms with Crippen molar-refractivity contribution in [2.24, 2.45) is 11.3 Å². The van der Waals surface area contributed by atoms with Crippen LogP contribution in [-0.2, 0) is 14.4 Å². The van der Waals surface area contributed by atoms with Crippen LogP contribution in [0.15, 0.2) is 41.8 Å². The van der Waals surface area contributed by atoms with Crippen LogP contribution < -0.4 is 9.47 Å². The number of aliphatic carboxylic acids is 1. The molecule has 0 spiro atoms. The molecule has 3 aromatic rings. The minimum absolute atomic E-state index is 0.0268. The number of nitrogens with zero attached hydrogens (tertiary/aromatic N) is 3. The number of thiazole rings is 1. The highest BCUT2D eigenvalue weighted by molar-refractivity contribution is 7.13. The number of carboxylic acids is 1. The Labute approximate surface area is 268 Å². The lowest BCUT2D eigenvalue weighted by atomic mass is 10.1. The van der Waals surface area contributed by atoms with Crippen LogP contribution in [-0.4, -0.2) is 63.4 Å². The van der Waals surface area contributed by atoms with E-state index in [-0.39, 0.29) is 23.7 Å².